The predicted octanol–water partition coefficient (Wildman–Crippen LogP) is 2.49. The molecule has 136 valence electrons. The minimum absolute atomic E-state index is 0.148. The molecular formula is C20H24N4O2. The number of aromatic nitrogens is 2. The number of rotatable bonds is 5. The molecule has 2 N–H and O–H groups in total. The Morgan fingerprint density at radius 1 is 1.27 bits per heavy atom. The molecule has 6 heteroatoms. The molecule has 26 heavy (non-hydrogen) atoms. The third kappa shape index (κ3) is 3.59. The van der Waals surface area contributed by atoms with E-state index in [9.17, 15) is 9.59 Å². The maximum atomic E-state index is 12.7. The molecule has 6 nitrogen and oxygen atoms in total. The van der Waals surface area contributed by atoms with Gasteiger partial charge < -0.3 is 10.6 Å². The Balaban J connectivity index is 1.86. The minimum Gasteiger partial charge on any atom is -0.368 e. The fourth-order valence-corrected chi connectivity index (χ4v) is 3.44. The molecule has 1 saturated heterocycles. The van der Waals surface area contributed by atoms with Crippen LogP contribution >= 0.6 is 0 Å². The van der Waals surface area contributed by atoms with Crippen molar-refractivity contribution >= 4 is 11.8 Å². The summed E-state index contributed by atoms with van der Waals surface area (Å²) in [6, 6.07) is 6.90. The van der Waals surface area contributed by atoms with Gasteiger partial charge in [-0.05, 0) is 43.9 Å². The van der Waals surface area contributed by atoms with Crippen LogP contribution in [-0.4, -0.2) is 39.3 Å². The quantitative estimate of drug-likeness (QED) is 0.895. The van der Waals surface area contributed by atoms with Gasteiger partial charge in [-0.2, -0.15) is 0 Å². The molecule has 1 aromatic carbocycles. The van der Waals surface area contributed by atoms with Gasteiger partial charge in [0.25, 0.3) is 5.91 Å². The summed E-state index contributed by atoms with van der Waals surface area (Å²) < 4.78 is 0. The number of benzene rings is 1. The number of carbonyl (C=O) groups excluding carboxylic acids is 2. The number of hydrogen-bond acceptors (Lipinski definition) is 4. The smallest absolute Gasteiger partial charge is 0.254 e. The second-order valence-corrected chi connectivity index (χ2v) is 6.68. The van der Waals surface area contributed by atoms with Gasteiger partial charge in [-0.15, -0.1) is 0 Å². The molecule has 2 aromatic rings. The summed E-state index contributed by atoms with van der Waals surface area (Å²) in [4.78, 5) is 34.7. The number of likely N-dealkylation sites (tertiary alicyclic amines) is 1. The average molecular weight is 352 g/mol. The van der Waals surface area contributed by atoms with E-state index in [2.05, 4.69) is 16.9 Å². The summed E-state index contributed by atoms with van der Waals surface area (Å²) in [7, 11) is 0. The van der Waals surface area contributed by atoms with Crippen LogP contribution in [0, 0.1) is 6.92 Å². The van der Waals surface area contributed by atoms with Gasteiger partial charge in [0.05, 0.1) is 5.69 Å². The first-order chi connectivity index (χ1) is 12.5. The second-order valence-electron chi connectivity index (χ2n) is 6.68. The maximum absolute atomic E-state index is 12.7. The topological polar surface area (TPSA) is 89.2 Å². The van der Waals surface area contributed by atoms with Gasteiger partial charge in [0.1, 0.15) is 11.9 Å². The van der Waals surface area contributed by atoms with Crippen molar-refractivity contribution in [2.24, 2.45) is 5.73 Å². The average Bonchev–Trinajstić information content (AvgIpc) is 3.13. The fraction of sp³-hybridized carbons (Fsp3) is 0.400. The molecule has 0 spiro atoms. The normalized spacial score (nSPS) is 16.7. The monoisotopic (exact) mass is 352 g/mol. The molecule has 0 aliphatic carbocycles. The van der Waals surface area contributed by atoms with E-state index in [0.29, 0.717) is 18.5 Å². The van der Waals surface area contributed by atoms with Crippen molar-refractivity contribution in [3.63, 3.8) is 0 Å². The molecule has 1 aliphatic rings. The molecule has 1 aromatic heterocycles. The Hall–Kier alpha value is -2.76. The zero-order valence-electron chi connectivity index (χ0n) is 15.2. The summed E-state index contributed by atoms with van der Waals surface area (Å²) in [6.45, 7) is 4.56. The van der Waals surface area contributed by atoms with Crippen LogP contribution in [0.3, 0.4) is 0 Å². The lowest BCUT2D eigenvalue weighted by molar-refractivity contribution is -0.121. The molecule has 0 saturated carbocycles. The lowest BCUT2D eigenvalue weighted by Gasteiger charge is -2.22. The zero-order chi connectivity index (χ0) is 18.7. The largest absolute Gasteiger partial charge is 0.368 e. The highest BCUT2D eigenvalue weighted by Crippen LogP contribution is 2.25. The van der Waals surface area contributed by atoms with Crippen molar-refractivity contribution in [1.29, 1.82) is 0 Å². The molecule has 0 unspecified atom stereocenters. The Morgan fingerprint density at radius 2 is 2.00 bits per heavy atom. The fourth-order valence-electron chi connectivity index (χ4n) is 3.44. The zero-order valence-corrected chi connectivity index (χ0v) is 15.2. The van der Waals surface area contributed by atoms with Gasteiger partial charge in [-0.3, -0.25) is 9.59 Å². The third-order valence-corrected chi connectivity index (χ3v) is 4.75. The van der Waals surface area contributed by atoms with E-state index >= 15 is 0 Å². The van der Waals surface area contributed by atoms with E-state index in [-0.39, 0.29) is 5.91 Å². The Morgan fingerprint density at radius 3 is 2.65 bits per heavy atom. The minimum atomic E-state index is -0.497. The molecule has 3 rings (SSSR count). The highest BCUT2D eigenvalue weighted by atomic mass is 16.2. The van der Waals surface area contributed by atoms with Gasteiger partial charge >= 0.3 is 0 Å². The van der Waals surface area contributed by atoms with Gasteiger partial charge in [0, 0.05) is 23.9 Å². The van der Waals surface area contributed by atoms with Crippen molar-refractivity contribution in [1.82, 2.24) is 14.9 Å². The number of amides is 2. The molecule has 1 fully saturated rings. The lowest BCUT2D eigenvalue weighted by atomic mass is 10.0. The van der Waals surface area contributed by atoms with Crippen molar-refractivity contribution in [2.45, 2.75) is 45.6 Å². The van der Waals surface area contributed by atoms with E-state index in [1.807, 2.05) is 25.3 Å². The number of aryl methyl sites for hydroxylation is 2. The van der Waals surface area contributed by atoms with Gasteiger partial charge in [0.15, 0.2) is 0 Å². The first kappa shape index (κ1) is 18.0. The van der Waals surface area contributed by atoms with Gasteiger partial charge in [-0.25, -0.2) is 9.97 Å². The molecule has 1 aliphatic heterocycles. The van der Waals surface area contributed by atoms with E-state index < -0.39 is 11.9 Å². The van der Waals surface area contributed by atoms with Crippen LogP contribution < -0.4 is 5.73 Å². The number of hydrogen-bond donors (Lipinski definition) is 1. The predicted molar refractivity (Wildman–Crippen MR) is 99.5 cm³/mol. The Labute approximate surface area is 153 Å². The van der Waals surface area contributed by atoms with E-state index in [0.717, 1.165) is 41.9 Å². The SMILES string of the molecule is CCCc1cnc(C)nc1-c1ccc(C(=O)N2CCC[C@H]2C(N)=O)cc1. The summed E-state index contributed by atoms with van der Waals surface area (Å²) >= 11 is 0. The van der Waals surface area contributed by atoms with Crippen LogP contribution in [0.4, 0.5) is 0 Å². The Kier molecular flexibility index (Phi) is 5.30. The van der Waals surface area contributed by atoms with Crippen molar-refractivity contribution < 1.29 is 9.59 Å². The number of primary amides is 1. The summed E-state index contributed by atoms with van der Waals surface area (Å²) in [5.41, 5.74) is 8.95. The maximum Gasteiger partial charge on any atom is 0.254 e. The number of carbonyl (C=O) groups is 2. The molecule has 2 heterocycles. The Bertz CT molecular complexity index is 817. The summed E-state index contributed by atoms with van der Waals surface area (Å²) in [5.74, 6) is 0.139. The summed E-state index contributed by atoms with van der Waals surface area (Å²) in [5, 5.41) is 0. The van der Waals surface area contributed by atoms with Crippen molar-refractivity contribution in [2.75, 3.05) is 6.54 Å². The van der Waals surface area contributed by atoms with Crippen LogP contribution in [-0.2, 0) is 11.2 Å². The molecule has 0 radical (unpaired) electrons. The van der Waals surface area contributed by atoms with E-state index in [1.54, 1.807) is 17.0 Å². The first-order valence-corrected chi connectivity index (χ1v) is 9.04. The highest BCUT2D eigenvalue weighted by molar-refractivity contribution is 5.98. The van der Waals surface area contributed by atoms with Crippen LogP contribution in [0.1, 0.15) is 47.9 Å². The second kappa shape index (κ2) is 7.64. The number of nitrogens with two attached hydrogens (primary N) is 1. The number of nitrogens with zero attached hydrogens (tertiary/aromatic N) is 3. The molecule has 0 bridgehead atoms. The van der Waals surface area contributed by atoms with Crippen LogP contribution in [0.2, 0.25) is 0 Å². The van der Waals surface area contributed by atoms with E-state index in [4.69, 9.17) is 5.73 Å². The third-order valence-electron chi connectivity index (χ3n) is 4.75. The molecular weight excluding hydrogens is 328 g/mol. The van der Waals surface area contributed by atoms with Crippen LogP contribution in [0.25, 0.3) is 11.3 Å². The van der Waals surface area contributed by atoms with Gasteiger partial charge in [0.2, 0.25) is 5.91 Å². The van der Waals surface area contributed by atoms with Crippen molar-refractivity contribution in [3.8, 4) is 11.3 Å². The van der Waals surface area contributed by atoms with Crippen LogP contribution in [0.5, 0.6) is 0 Å². The lowest BCUT2D eigenvalue weighted by Crippen LogP contribution is -2.43. The van der Waals surface area contributed by atoms with Crippen molar-refractivity contribution in [3.05, 3.63) is 47.4 Å². The standard InChI is InChI=1S/C20H24N4O2/c1-3-5-16-12-22-13(2)23-18(16)14-7-9-15(10-8-14)20(26)24-11-4-6-17(24)19(21)25/h7-10,12,17H,3-6,11H2,1-2H3,(H2,21,25)/t17-/m0/s1. The van der Waals surface area contributed by atoms with Crippen LogP contribution in [0.15, 0.2) is 30.5 Å². The summed E-state index contributed by atoms with van der Waals surface area (Å²) in [6.07, 6.45) is 5.24. The van der Waals surface area contributed by atoms with Gasteiger partial charge in [-0.1, -0.05) is 25.5 Å². The molecule has 2 amide bonds. The van der Waals surface area contributed by atoms with E-state index in [1.165, 1.54) is 0 Å². The molecule has 1 atom stereocenters. The highest BCUT2D eigenvalue weighted by Gasteiger charge is 2.33. The first-order valence-electron chi connectivity index (χ1n) is 9.04.